The number of benzene rings is 1. The van der Waals surface area contributed by atoms with E-state index in [1.54, 1.807) is 24.5 Å². The first-order valence-corrected chi connectivity index (χ1v) is 8.39. The Balaban J connectivity index is 1.71. The molecule has 3 rings (SSSR count). The highest BCUT2D eigenvalue weighted by Crippen LogP contribution is 2.24. The Bertz CT molecular complexity index is 671. The van der Waals surface area contributed by atoms with Crippen LogP contribution < -0.4 is 10.5 Å². The number of piperidine rings is 1. The van der Waals surface area contributed by atoms with Gasteiger partial charge in [-0.15, -0.1) is 0 Å². The zero-order valence-corrected chi connectivity index (χ0v) is 13.9. The lowest BCUT2D eigenvalue weighted by molar-refractivity contribution is 0.0584. The monoisotopic (exact) mass is 325 g/mol. The van der Waals surface area contributed by atoms with Crippen LogP contribution in [-0.2, 0) is 0 Å². The van der Waals surface area contributed by atoms with Crippen LogP contribution in [0.5, 0.6) is 11.5 Å². The summed E-state index contributed by atoms with van der Waals surface area (Å²) in [5.41, 5.74) is 6.73. The number of pyridine rings is 1. The van der Waals surface area contributed by atoms with Gasteiger partial charge in [0.15, 0.2) is 0 Å². The van der Waals surface area contributed by atoms with Gasteiger partial charge in [-0.2, -0.15) is 0 Å². The van der Waals surface area contributed by atoms with Crippen molar-refractivity contribution in [2.45, 2.75) is 38.3 Å². The van der Waals surface area contributed by atoms with Crippen LogP contribution in [0, 0.1) is 0 Å². The minimum atomic E-state index is -0.0116. The lowest BCUT2D eigenvalue weighted by Crippen LogP contribution is -2.51. The van der Waals surface area contributed by atoms with E-state index < -0.39 is 0 Å². The van der Waals surface area contributed by atoms with Crippen molar-refractivity contribution in [3.05, 3.63) is 54.4 Å². The average molecular weight is 325 g/mol. The van der Waals surface area contributed by atoms with Crippen LogP contribution in [-0.4, -0.2) is 34.4 Å². The number of nitrogens with two attached hydrogens (primary N) is 1. The van der Waals surface area contributed by atoms with Crippen molar-refractivity contribution in [3.63, 3.8) is 0 Å². The van der Waals surface area contributed by atoms with Gasteiger partial charge in [-0.3, -0.25) is 9.78 Å². The number of rotatable bonds is 4. The van der Waals surface area contributed by atoms with Gasteiger partial charge >= 0.3 is 0 Å². The summed E-state index contributed by atoms with van der Waals surface area (Å²) >= 11 is 0. The molecular weight excluding hydrogens is 302 g/mol. The predicted molar refractivity (Wildman–Crippen MR) is 93.1 cm³/mol. The first-order chi connectivity index (χ1) is 11.6. The maximum Gasteiger partial charge on any atom is 0.254 e. The number of nitrogens with zero attached hydrogens (tertiary/aromatic N) is 2. The first-order valence-electron chi connectivity index (χ1n) is 8.39. The third kappa shape index (κ3) is 3.74. The lowest BCUT2D eigenvalue weighted by atomic mass is 9.96. The summed E-state index contributed by atoms with van der Waals surface area (Å²) in [6.45, 7) is 2.75. The van der Waals surface area contributed by atoms with E-state index in [0.29, 0.717) is 17.1 Å². The molecule has 1 aromatic heterocycles. The zero-order chi connectivity index (χ0) is 16.9. The van der Waals surface area contributed by atoms with E-state index >= 15 is 0 Å². The molecule has 2 atom stereocenters. The molecular formula is C19H23N3O2. The summed E-state index contributed by atoms with van der Waals surface area (Å²) in [5.74, 6) is 1.40. The van der Waals surface area contributed by atoms with Crippen LogP contribution in [0.3, 0.4) is 0 Å². The molecule has 1 amide bonds. The molecule has 0 radical (unpaired) electrons. The van der Waals surface area contributed by atoms with Crippen molar-refractivity contribution in [2.75, 3.05) is 6.54 Å². The number of carbonyl (C=O) groups is 1. The Morgan fingerprint density at radius 3 is 2.71 bits per heavy atom. The molecule has 1 saturated heterocycles. The molecule has 1 aliphatic rings. The topological polar surface area (TPSA) is 68.5 Å². The molecule has 1 fully saturated rings. The summed E-state index contributed by atoms with van der Waals surface area (Å²) in [6.07, 6.45) is 6.50. The summed E-state index contributed by atoms with van der Waals surface area (Å²) in [4.78, 5) is 18.7. The third-order valence-corrected chi connectivity index (χ3v) is 4.39. The van der Waals surface area contributed by atoms with E-state index in [0.717, 1.165) is 25.8 Å². The minimum Gasteiger partial charge on any atom is -0.456 e. The van der Waals surface area contributed by atoms with Gasteiger partial charge < -0.3 is 15.4 Å². The van der Waals surface area contributed by atoms with Crippen LogP contribution >= 0.6 is 0 Å². The molecule has 126 valence electrons. The van der Waals surface area contributed by atoms with E-state index in [1.807, 2.05) is 36.1 Å². The Morgan fingerprint density at radius 1 is 1.25 bits per heavy atom. The summed E-state index contributed by atoms with van der Waals surface area (Å²) in [7, 11) is 0. The maximum absolute atomic E-state index is 12.8. The van der Waals surface area contributed by atoms with E-state index in [-0.39, 0.29) is 18.0 Å². The van der Waals surface area contributed by atoms with E-state index in [2.05, 4.69) is 4.98 Å². The molecule has 2 heterocycles. The highest BCUT2D eigenvalue weighted by molar-refractivity contribution is 5.94. The van der Waals surface area contributed by atoms with Gasteiger partial charge in [0.1, 0.15) is 11.5 Å². The molecule has 1 aromatic carbocycles. The number of aromatic nitrogens is 1. The molecule has 2 unspecified atom stereocenters. The quantitative estimate of drug-likeness (QED) is 0.937. The molecule has 2 N–H and O–H groups in total. The van der Waals surface area contributed by atoms with Crippen molar-refractivity contribution in [1.29, 1.82) is 0 Å². The largest absolute Gasteiger partial charge is 0.456 e. The van der Waals surface area contributed by atoms with Crippen molar-refractivity contribution in [1.82, 2.24) is 9.88 Å². The van der Waals surface area contributed by atoms with Crippen LogP contribution in [0.1, 0.15) is 36.5 Å². The summed E-state index contributed by atoms with van der Waals surface area (Å²) in [6, 6.07) is 11.0. The second-order valence-electron chi connectivity index (χ2n) is 6.24. The van der Waals surface area contributed by atoms with E-state index in [4.69, 9.17) is 10.5 Å². The standard InChI is InChI=1S/C19H23N3O2/c1-14(20)18-6-2-3-12-22(18)19(23)15-7-9-16(10-8-15)24-17-5-4-11-21-13-17/h4-5,7-11,13-14,18H,2-3,6,12,20H2,1H3. The molecule has 5 heteroatoms. The Hall–Kier alpha value is -2.40. The summed E-state index contributed by atoms with van der Waals surface area (Å²) in [5, 5.41) is 0. The van der Waals surface area contributed by atoms with Gasteiger partial charge in [-0.1, -0.05) is 0 Å². The van der Waals surface area contributed by atoms with E-state index in [9.17, 15) is 4.79 Å². The molecule has 2 aromatic rings. The minimum absolute atomic E-state index is 0.0116. The van der Waals surface area contributed by atoms with Crippen LogP contribution in [0.25, 0.3) is 0 Å². The van der Waals surface area contributed by atoms with Gasteiger partial charge in [0.2, 0.25) is 0 Å². The van der Waals surface area contributed by atoms with Gasteiger partial charge in [-0.05, 0) is 62.6 Å². The second-order valence-corrected chi connectivity index (χ2v) is 6.24. The number of carbonyl (C=O) groups excluding carboxylic acids is 1. The molecule has 0 aliphatic carbocycles. The Morgan fingerprint density at radius 2 is 2.04 bits per heavy atom. The molecule has 0 saturated carbocycles. The fraction of sp³-hybridized carbons (Fsp3) is 0.368. The lowest BCUT2D eigenvalue weighted by Gasteiger charge is -2.38. The maximum atomic E-state index is 12.8. The van der Waals surface area contributed by atoms with Crippen molar-refractivity contribution in [2.24, 2.45) is 5.73 Å². The van der Waals surface area contributed by atoms with Gasteiger partial charge in [0.05, 0.1) is 6.20 Å². The van der Waals surface area contributed by atoms with E-state index in [1.165, 1.54) is 0 Å². The molecule has 1 aliphatic heterocycles. The predicted octanol–water partition coefficient (Wildman–Crippen LogP) is 3.22. The molecule has 24 heavy (non-hydrogen) atoms. The second kappa shape index (κ2) is 7.45. The van der Waals surface area contributed by atoms with Crippen LogP contribution in [0.4, 0.5) is 0 Å². The highest BCUT2D eigenvalue weighted by Gasteiger charge is 2.29. The zero-order valence-electron chi connectivity index (χ0n) is 13.9. The third-order valence-electron chi connectivity index (χ3n) is 4.39. The first kappa shape index (κ1) is 16.5. The van der Waals surface area contributed by atoms with Gasteiger partial charge in [0.25, 0.3) is 5.91 Å². The number of ether oxygens (including phenoxy) is 1. The highest BCUT2D eigenvalue weighted by atomic mass is 16.5. The van der Waals surface area contributed by atoms with Crippen LogP contribution in [0.2, 0.25) is 0 Å². The number of likely N-dealkylation sites (tertiary alicyclic amines) is 1. The normalized spacial score (nSPS) is 18.9. The fourth-order valence-electron chi connectivity index (χ4n) is 3.13. The Kier molecular flexibility index (Phi) is 5.11. The number of amides is 1. The summed E-state index contributed by atoms with van der Waals surface area (Å²) < 4.78 is 5.71. The number of hydrogen-bond acceptors (Lipinski definition) is 4. The smallest absolute Gasteiger partial charge is 0.254 e. The molecule has 5 nitrogen and oxygen atoms in total. The van der Waals surface area contributed by atoms with Crippen molar-refractivity contribution >= 4 is 5.91 Å². The number of hydrogen-bond donors (Lipinski definition) is 1. The average Bonchev–Trinajstić information content (AvgIpc) is 2.62. The van der Waals surface area contributed by atoms with Gasteiger partial charge in [0, 0.05) is 30.4 Å². The fourth-order valence-corrected chi connectivity index (χ4v) is 3.13. The molecule has 0 spiro atoms. The van der Waals surface area contributed by atoms with Crippen LogP contribution in [0.15, 0.2) is 48.8 Å². The SMILES string of the molecule is CC(N)C1CCCCN1C(=O)c1ccc(Oc2cccnc2)cc1. The van der Waals surface area contributed by atoms with Crippen molar-refractivity contribution < 1.29 is 9.53 Å². The van der Waals surface area contributed by atoms with Crippen molar-refractivity contribution in [3.8, 4) is 11.5 Å². The Labute approximate surface area is 142 Å². The molecule has 0 bridgehead atoms. The van der Waals surface area contributed by atoms with Gasteiger partial charge in [-0.25, -0.2) is 0 Å².